The van der Waals surface area contributed by atoms with E-state index in [1.54, 1.807) is 0 Å². The van der Waals surface area contributed by atoms with Gasteiger partial charge >= 0.3 is 0 Å². The van der Waals surface area contributed by atoms with E-state index in [0.717, 1.165) is 0 Å². The Kier molecular flexibility index (Phi) is 2.89. The van der Waals surface area contributed by atoms with Crippen LogP contribution >= 0.6 is 21.4 Å². The fourth-order valence-electron chi connectivity index (χ4n) is 1.52. The highest BCUT2D eigenvalue weighted by Crippen LogP contribution is 2.44. The average molecular weight is 267 g/mol. The van der Waals surface area contributed by atoms with Crippen molar-refractivity contribution in [1.82, 2.24) is 0 Å². The molecular formula is C5H8Cl2O4S2. The van der Waals surface area contributed by atoms with Gasteiger partial charge in [-0.2, -0.15) is 0 Å². The van der Waals surface area contributed by atoms with Crippen molar-refractivity contribution in [3.63, 3.8) is 0 Å². The first-order valence-electron chi connectivity index (χ1n) is 3.59. The highest BCUT2D eigenvalue weighted by atomic mass is 35.7. The third-order valence-corrected chi connectivity index (χ3v) is 8.49. The van der Waals surface area contributed by atoms with Gasteiger partial charge in [-0.3, -0.25) is 0 Å². The SMILES string of the molecule is O=S(=O)(Cl)C1(S(=O)(=O)Cl)CCCC1. The minimum atomic E-state index is -4.17. The Morgan fingerprint density at radius 3 is 1.31 bits per heavy atom. The topological polar surface area (TPSA) is 68.3 Å². The Labute approximate surface area is 86.1 Å². The van der Waals surface area contributed by atoms with Gasteiger partial charge in [0.15, 0.2) is 0 Å². The summed E-state index contributed by atoms with van der Waals surface area (Å²) >= 11 is 0. The summed E-state index contributed by atoms with van der Waals surface area (Å²) in [6, 6.07) is 0. The summed E-state index contributed by atoms with van der Waals surface area (Å²) in [4.78, 5) is 0. The Hall–Kier alpha value is 0.480. The van der Waals surface area contributed by atoms with Gasteiger partial charge in [0.2, 0.25) is 4.08 Å². The molecule has 78 valence electrons. The molecule has 0 atom stereocenters. The molecule has 0 heterocycles. The molecule has 0 aliphatic heterocycles. The molecule has 0 unspecified atom stereocenters. The summed E-state index contributed by atoms with van der Waals surface area (Å²) in [6.45, 7) is 0. The highest BCUT2D eigenvalue weighted by molar-refractivity contribution is 8.30. The van der Waals surface area contributed by atoms with E-state index in [9.17, 15) is 16.8 Å². The van der Waals surface area contributed by atoms with E-state index in [-0.39, 0.29) is 12.8 Å². The van der Waals surface area contributed by atoms with E-state index in [4.69, 9.17) is 21.4 Å². The lowest BCUT2D eigenvalue weighted by Gasteiger charge is -2.20. The van der Waals surface area contributed by atoms with Crippen molar-refractivity contribution < 1.29 is 16.8 Å². The van der Waals surface area contributed by atoms with Crippen LogP contribution in [-0.4, -0.2) is 20.9 Å². The van der Waals surface area contributed by atoms with E-state index in [1.165, 1.54) is 0 Å². The minimum absolute atomic E-state index is 0.00926. The lowest BCUT2D eigenvalue weighted by atomic mass is 10.4. The largest absolute Gasteiger partial charge is 0.254 e. The van der Waals surface area contributed by atoms with E-state index >= 15 is 0 Å². The second-order valence-corrected chi connectivity index (χ2v) is 9.00. The van der Waals surface area contributed by atoms with Gasteiger partial charge in [-0.15, -0.1) is 0 Å². The molecule has 4 nitrogen and oxygen atoms in total. The van der Waals surface area contributed by atoms with Crippen LogP contribution < -0.4 is 0 Å². The molecule has 0 N–H and O–H groups in total. The molecule has 0 aromatic rings. The van der Waals surface area contributed by atoms with Gasteiger partial charge in [-0.25, -0.2) is 16.8 Å². The first-order chi connectivity index (χ1) is 5.71. The van der Waals surface area contributed by atoms with Crippen molar-refractivity contribution in [2.24, 2.45) is 0 Å². The third-order valence-electron chi connectivity index (χ3n) is 2.25. The number of halogens is 2. The monoisotopic (exact) mass is 266 g/mol. The second kappa shape index (κ2) is 3.25. The van der Waals surface area contributed by atoms with Gasteiger partial charge in [0.1, 0.15) is 0 Å². The number of rotatable bonds is 2. The molecule has 1 saturated carbocycles. The standard InChI is InChI=1S/C5H8Cl2O4S2/c6-12(8,9)5(13(7,10)11)3-1-2-4-5/h1-4H2. The zero-order valence-corrected chi connectivity index (χ0v) is 9.68. The Balaban J connectivity index is 3.35. The predicted molar refractivity (Wildman–Crippen MR) is 50.7 cm³/mol. The van der Waals surface area contributed by atoms with Crippen LogP contribution in [0.1, 0.15) is 25.7 Å². The molecule has 8 heteroatoms. The summed E-state index contributed by atoms with van der Waals surface area (Å²) in [5.41, 5.74) is 0. The number of hydrogen-bond acceptors (Lipinski definition) is 4. The molecule has 0 aromatic carbocycles. The van der Waals surface area contributed by atoms with Crippen LogP contribution in [0, 0.1) is 0 Å². The maximum atomic E-state index is 11.1. The quantitative estimate of drug-likeness (QED) is 0.709. The summed E-state index contributed by atoms with van der Waals surface area (Å²) in [7, 11) is 1.84. The van der Waals surface area contributed by atoms with Crippen LogP contribution in [0.15, 0.2) is 0 Å². The van der Waals surface area contributed by atoms with E-state index in [1.807, 2.05) is 0 Å². The fraction of sp³-hybridized carbons (Fsp3) is 1.00. The van der Waals surface area contributed by atoms with Gasteiger partial charge in [-0.05, 0) is 12.8 Å². The summed E-state index contributed by atoms with van der Waals surface area (Å²) in [6.07, 6.45) is 1.01. The highest BCUT2D eigenvalue weighted by Gasteiger charge is 2.55. The summed E-state index contributed by atoms with van der Waals surface area (Å²) in [5, 5.41) is 0. The van der Waals surface area contributed by atoms with Crippen molar-refractivity contribution >= 4 is 39.5 Å². The summed E-state index contributed by atoms with van der Waals surface area (Å²) in [5.74, 6) is 0. The van der Waals surface area contributed by atoms with Crippen LogP contribution in [-0.2, 0) is 18.1 Å². The van der Waals surface area contributed by atoms with Gasteiger partial charge in [0.05, 0.1) is 0 Å². The average Bonchev–Trinajstić information content (AvgIpc) is 2.28. The molecule has 0 aromatic heterocycles. The van der Waals surface area contributed by atoms with Gasteiger partial charge < -0.3 is 0 Å². The second-order valence-electron chi connectivity index (χ2n) is 2.99. The van der Waals surface area contributed by atoms with Crippen LogP contribution in [0.5, 0.6) is 0 Å². The lowest BCUT2D eigenvalue weighted by Crippen LogP contribution is -2.38. The zero-order chi connectivity index (χ0) is 10.3. The predicted octanol–water partition coefficient (Wildman–Crippen LogP) is 1.39. The first kappa shape index (κ1) is 11.6. The molecule has 0 saturated heterocycles. The third kappa shape index (κ3) is 1.82. The molecule has 1 rings (SSSR count). The maximum absolute atomic E-state index is 11.1. The molecule has 1 aliphatic carbocycles. The van der Waals surface area contributed by atoms with Gasteiger partial charge in [0.25, 0.3) is 18.1 Å². The lowest BCUT2D eigenvalue weighted by molar-refractivity contribution is 0.557. The molecule has 0 spiro atoms. The van der Waals surface area contributed by atoms with Crippen molar-refractivity contribution in [1.29, 1.82) is 0 Å². The van der Waals surface area contributed by atoms with E-state index in [2.05, 4.69) is 0 Å². The van der Waals surface area contributed by atoms with Crippen LogP contribution in [0.4, 0.5) is 0 Å². The maximum Gasteiger partial charge on any atom is 0.254 e. The normalized spacial score (nSPS) is 23.2. The zero-order valence-electron chi connectivity index (χ0n) is 6.53. The Bertz CT molecular complexity index is 356. The first-order valence-corrected chi connectivity index (χ1v) is 8.21. The molecule has 1 aliphatic rings. The molecule has 1 fully saturated rings. The Morgan fingerprint density at radius 2 is 1.15 bits per heavy atom. The minimum Gasteiger partial charge on any atom is -0.210 e. The Morgan fingerprint density at radius 1 is 0.846 bits per heavy atom. The van der Waals surface area contributed by atoms with Crippen LogP contribution in [0.2, 0.25) is 0 Å². The smallest absolute Gasteiger partial charge is 0.210 e. The van der Waals surface area contributed by atoms with E-state index < -0.39 is 22.2 Å². The van der Waals surface area contributed by atoms with Crippen molar-refractivity contribution in [2.45, 2.75) is 29.8 Å². The van der Waals surface area contributed by atoms with Crippen molar-refractivity contribution in [2.75, 3.05) is 0 Å². The van der Waals surface area contributed by atoms with Crippen LogP contribution in [0.25, 0.3) is 0 Å². The number of hydrogen-bond donors (Lipinski definition) is 0. The van der Waals surface area contributed by atoms with Crippen molar-refractivity contribution in [3.05, 3.63) is 0 Å². The molecule has 0 bridgehead atoms. The van der Waals surface area contributed by atoms with Crippen molar-refractivity contribution in [3.8, 4) is 0 Å². The molecule has 0 amide bonds. The van der Waals surface area contributed by atoms with E-state index in [0.29, 0.717) is 12.8 Å². The van der Waals surface area contributed by atoms with Crippen LogP contribution in [0.3, 0.4) is 0 Å². The molecular weight excluding hydrogens is 259 g/mol. The molecule has 13 heavy (non-hydrogen) atoms. The molecule has 0 radical (unpaired) electrons. The fourth-order valence-corrected chi connectivity index (χ4v) is 6.73. The van der Waals surface area contributed by atoms with Gasteiger partial charge in [-0.1, -0.05) is 12.8 Å². The summed E-state index contributed by atoms with van der Waals surface area (Å²) < 4.78 is 42.5. The van der Waals surface area contributed by atoms with Gasteiger partial charge in [0, 0.05) is 21.4 Å².